The lowest BCUT2D eigenvalue weighted by molar-refractivity contribution is -0.118. The Balaban J connectivity index is 1.93. The summed E-state index contributed by atoms with van der Waals surface area (Å²) in [5.41, 5.74) is 1.83. The van der Waals surface area contributed by atoms with Gasteiger partial charge >= 0.3 is 0 Å². The normalized spacial score (nSPS) is 23.3. The molecule has 2 atom stereocenters. The van der Waals surface area contributed by atoms with Crippen molar-refractivity contribution in [2.45, 2.75) is 29.5 Å². The average molecular weight is 352 g/mol. The van der Waals surface area contributed by atoms with Crippen LogP contribution in [0.5, 0.6) is 0 Å². The number of hydrogen-bond donors (Lipinski definition) is 0. The second-order valence-electron chi connectivity index (χ2n) is 5.56. The Morgan fingerprint density at radius 2 is 2.04 bits per heavy atom. The highest BCUT2D eigenvalue weighted by molar-refractivity contribution is 6.35. The maximum absolute atomic E-state index is 12.3. The second kappa shape index (κ2) is 7.80. The van der Waals surface area contributed by atoms with Crippen molar-refractivity contribution in [1.82, 2.24) is 0 Å². The molecule has 0 aliphatic heterocycles. The summed E-state index contributed by atoms with van der Waals surface area (Å²) in [6, 6.07) is 9.51. The first kappa shape index (κ1) is 17.8. The van der Waals surface area contributed by atoms with Crippen LogP contribution in [0.4, 0.5) is 5.69 Å². The summed E-state index contributed by atoms with van der Waals surface area (Å²) >= 11 is 12.6. The van der Waals surface area contributed by atoms with Crippen molar-refractivity contribution in [3.05, 3.63) is 54.1 Å². The second-order valence-corrected chi connectivity index (χ2v) is 6.74. The molecule has 122 valence electrons. The first-order valence-corrected chi connectivity index (χ1v) is 8.26. The largest absolute Gasteiger partial charge is 0.315 e. The Hall–Kier alpha value is -1.58. The number of nitrogens with zero attached hydrogens (tertiary/aromatic N) is 1. The van der Waals surface area contributed by atoms with Crippen LogP contribution in [0.3, 0.4) is 0 Å². The van der Waals surface area contributed by atoms with E-state index in [0.717, 1.165) is 17.5 Å². The minimum Gasteiger partial charge on any atom is -0.315 e. The summed E-state index contributed by atoms with van der Waals surface area (Å²) < 4.78 is 0. The number of benzene rings is 1. The summed E-state index contributed by atoms with van der Waals surface area (Å²) in [6.07, 6.45) is 7.33. The van der Waals surface area contributed by atoms with Crippen LogP contribution in [-0.2, 0) is 9.59 Å². The highest BCUT2D eigenvalue weighted by atomic mass is 35.5. The molecule has 0 radical (unpaired) electrons. The topological polar surface area (TPSA) is 37.4 Å². The first-order valence-electron chi connectivity index (χ1n) is 7.44. The quantitative estimate of drug-likeness (QED) is 0.571. The summed E-state index contributed by atoms with van der Waals surface area (Å²) in [7, 11) is 1.76. The van der Waals surface area contributed by atoms with Gasteiger partial charge in [-0.05, 0) is 18.6 Å². The lowest BCUT2D eigenvalue weighted by Gasteiger charge is -2.28. The SMILES string of the molecule is CN(C(=O)CCC1=CC(Cl)C(Cl)(CC=O)C=C1)c1ccccc1. The molecule has 0 saturated heterocycles. The standard InChI is InChI=1S/C18H19Cl2NO2/c1-21(15-5-3-2-4-6-15)17(23)8-7-14-9-10-18(20,11-12-22)16(19)13-14/h2-6,9-10,12-13,16H,7-8,11H2,1H3. The molecule has 5 heteroatoms. The number of carbonyl (C=O) groups excluding carboxylic acids is 2. The number of alkyl halides is 2. The van der Waals surface area contributed by atoms with E-state index in [9.17, 15) is 9.59 Å². The van der Waals surface area contributed by atoms with Crippen LogP contribution < -0.4 is 4.90 Å². The van der Waals surface area contributed by atoms with E-state index in [2.05, 4.69) is 0 Å². The van der Waals surface area contributed by atoms with Crippen molar-refractivity contribution < 1.29 is 9.59 Å². The van der Waals surface area contributed by atoms with Crippen molar-refractivity contribution in [3.63, 3.8) is 0 Å². The fourth-order valence-corrected chi connectivity index (χ4v) is 2.92. The van der Waals surface area contributed by atoms with Crippen LogP contribution in [0, 0.1) is 0 Å². The average Bonchev–Trinajstić information content (AvgIpc) is 2.56. The molecule has 1 aromatic carbocycles. The Kier molecular flexibility index (Phi) is 6.03. The summed E-state index contributed by atoms with van der Waals surface area (Å²) in [5, 5.41) is -0.462. The fraction of sp³-hybridized carbons (Fsp3) is 0.333. The van der Waals surface area contributed by atoms with Crippen LogP contribution in [0.2, 0.25) is 0 Å². The van der Waals surface area contributed by atoms with Gasteiger partial charge in [-0.25, -0.2) is 0 Å². The molecule has 0 spiro atoms. The smallest absolute Gasteiger partial charge is 0.227 e. The molecule has 2 unspecified atom stereocenters. The van der Waals surface area contributed by atoms with Gasteiger partial charge in [-0.3, -0.25) is 4.79 Å². The molecule has 2 rings (SSSR count). The third-order valence-corrected chi connectivity index (χ3v) is 5.08. The maximum Gasteiger partial charge on any atom is 0.227 e. The first-order chi connectivity index (χ1) is 11.0. The predicted octanol–water partition coefficient (Wildman–Crippen LogP) is 4.10. The molecule has 1 aromatic rings. The Labute approximate surface area is 146 Å². The number of amides is 1. The van der Waals surface area contributed by atoms with E-state index in [0.29, 0.717) is 12.8 Å². The molecular formula is C18H19Cl2NO2. The summed E-state index contributed by atoms with van der Waals surface area (Å²) in [5.74, 6) is 0.0345. The molecule has 0 fully saturated rings. The number of anilines is 1. The minimum atomic E-state index is -0.863. The van der Waals surface area contributed by atoms with E-state index >= 15 is 0 Å². The molecule has 0 heterocycles. The maximum atomic E-state index is 12.3. The number of para-hydroxylation sites is 1. The van der Waals surface area contributed by atoms with Gasteiger partial charge in [0, 0.05) is 25.6 Å². The van der Waals surface area contributed by atoms with E-state index < -0.39 is 10.3 Å². The van der Waals surface area contributed by atoms with Crippen LogP contribution in [0.1, 0.15) is 19.3 Å². The third kappa shape index (κ3) is 4.46. The van der Waals surface area contributed by atoms with E-state index in [1.807, 2.05) is 42.5 Å². The number of hydrogen-bond acceptors (Lipinski definition) is 2. The van der Waals surface area contributed by atoms with Gasteiger partial charge in [0.1, 0.15) is 6.29 Å². The minimum absolute atomic E-state index is 0.0345. The van der Waals surface area contributed by atoms with E-state index in [1.54, 1.807) is 18.0 Å². The van der Waals surface area contributed by atoms with Crippen molar-refractivity contribution in [1.29, 1.82) is 0 Å². The number of halogens is 2. The van der Waals surface area contributed by atoms with Crippen LogP contribution in [0.15, 0.2) is 54.1 Å². The van der Waals surface area contributed by atoms with E-state index in [1.165, 1.54) is 0 Å². The molecule has 0 bridgehead atoms. The van der Waals surface area contributed by atoms with Crippen molar-refractivity contribution >= 4 is 41.1 Å². The van der Waals surface area contributed by atoms with Gasteiger partial charge in [-0.1, -0.05) is 42.0 Å². The Morgan fingerprint density at radius 1 is 1.35 bits per heavy atom. The van der Waals surface area contributed by atoms with Gasteiger partial charge in [0.05, 0.1) is 10.3 Å². The summed E-state index contributed by atoms with van der Waals surface area (Å²) in [6.45, 7) is 0. The third-order valence-electron chi connectivity index (χ3n) is 3.93. The predicted molar refractivity (Wildman–Crippen MR) is 95.2 cm³/mol. The zero-order valence-electron chi connectivity index (χ0n) is 12.9. The van der Waals surface area contributed by atoms with Gasteiger partial charge in [0.15, 0.2) is 0 Å². The van der Waals surface area contributed by atoms with Gasteiger partial charge in [-0.15, -0.1) is 23.2 Å². The van der Waals surface area contributed by atoms with Gasteiger partial charge in [-0.2, -0.15) is 0 Å². The molecule has 0 saturated carbocycles. The monoisotopic (exact) mass is 351 g/mol. The van der Waals surface area contributed by atoms with Crippen molar-refractivity contribution in [2.24, 2.45) is 0 Å². The van der Waals surface area contributed by atoms with Crippen LogP contribution in [0.25, 0.3) is 0 Å². The molecule has 3 nitrogen and oxygen atoms in total. The highest BCUT2D eigenvalue weighted by Crippen LogP contribution is 2.35. The van der Waals surface area contributed by atoms with E-state index in [-0.39, 0.29) is 12.3 Å². The Morgan fingerprint density at radius 3 is 2.65 bits per heavy atom. The zero-order chi connectivity index (χ0) is 16.9. The van der Waals surface area contributed by atoms with Gasteiger partial charge in [0.25, 0.3) is 0 Å². The Bertz CT molecular complexity index is 627. The summed E-state index contributed by atoms with van der Waals surface area (Å²) in [4.78, 5) is 23.7. The van der Waals surface area contributed by atoms with Crippen molar-refractivity contribution in [3.8, 4) is 0 Å². The van der Waals surface area contributed by atoms with E-state index in [4.69, 9.17) is 23.2 Å². The molecule has 1 aliphatic rings. The molecule has 0 aromatic heterocycles. The molecule has 1 aliphatic carbocycles. The molecule has 1 amide bonds. The van der Waals surface area contributed by atoms with Crippen LogP contribution in [-0.4, -0.2) is 29.5 Å². The highest BCUT2D eigenvalue weighted by Gasteiger charge is 2.33. The fourth-order valence-electron chi connectivity index (χ4n) is 2.41. The lowest BCUT2D eigenvalue weighted by Crippen LogP contribution is -2.32. The molecule has 0 N–H and O–H groups in total. The molecule has 23 heavy (non-hydrogen) atoms. The van der Waals surface area contributed by atoms with Crippen LogP contribution >= 0.6 is 23.2 Å². The lowest BCUT2D eigenvalue weighted by atomic mass is 9.91. The number of rotatable bonds is 6. The van der Waals surface area contributed by atoms with Gasteiger partial charge < -0.3 is 9.69 Å². The van der Waals surface area contributed by atoms with Gasteiger partial charge in [0.2, 0.25) is 5.91 Å². The number of carbonyl (C=O) groups is 2. The number of allylic oxidation sites excluding steroid dienone is 4. The zero-order valence-corrected chi connectivity index (χ0v) is 14.4. The van der Waals surface area contributed by atoms with Crippen molar-refractivity contribution in [2.75, 3.05) is 11.9 Å². The molecular weight excluding hydrogens is 333 g/mol. The number of aldehydes is 1.